The highest BCUT2D eigenvalue weighted by Crippen LogP contribution is 2.33. The van der Waals surface area contributed by atoms with E-state index in [1.165, 1.54) is 19.3 Å². The van der Waals surface area contributed by atoms with E-state index < -0.39 is 0 Å². The predicted molar refractivity (Wildman–Crippen MR) is 59.5 cm³/mol. The molecule has 0 aromatic carbocycles. The van der Waals surface area contributed by atoms with Crippen LogP contribution in [-0.4, -0.2) is 27.4 Å². The van der Waals surface area contributed by atoms with Crippen LogP contribution in [0.5, 0.6) is 0 Å². The smallest absolute Gasteiger partial charge is 0.133 e. The summed E-state index contributed by atoms with van der Waals surface area (Å²) in [5.41, 5.74) is 0. The number of aromatic nitrogens is 3. The molecule has 1 atom stereocenters. The molecule has 84 valence electrons. The summed E-state index contributed by atoms with van der Waals surface area (Å²) in [6, 6.07) is 0.721. The highest BCUT2D eigenvalue weighted by Gasteiger charge is 2.29. The van der Waals surface area contributed by atoms with E-state index in [2.05, 4.69) is 22.4 Å². The summed E-state index contributed by atoms with van der Waals surface area (Å²) >= 11 is 0. The lowest BCUT2D eigenvalue weighted by Gasteiger charge is -2.15. The summed E-state index contributed by atoms with van der Waals surface area (Å²) in [5, 5.41) is 11.6. The molecule has 0 radical (unpaired) electrons. The van der Waals surface area contributed by atoms with Crippen LogP contribution in [0.3, 0.4) is 0 Å². The Morgan fingerprint density at radius 2 is 2.40 bits per heavy atom. The SMILES string of the molecule is CCC(NCCc1nncn1C)C1CC1. The number of aryl methyl sites for hydroxylation is 1. The molecule has 1 fully saturated rings. The minimum Gasteiger partial charge on any atom is -0.321 e. The molecule has 0 bridgehead atoms. The maximum atomic E-state index is 4.07. The topological polar surface area (TPSA) is 42.7 Å². The summed E-state index contributed by atoms with van der Waals surface area (Å²) < 4.78 is 1.99. The minimum absolute atomic E-state index is 0.721. The number of nitrogens with zero attached hydrogens (tertiary/aromatic N) is 3. The van der Waals surface area contributed by atoms with Crippen molar-refractivity contribution in [3.8, 4) is 0 Å². The largest absolute Gasteiger partial charge is 0.321 e. The standard InChI is InChI=1S/C11H20N4/c1-3-10(9-4-5-9)12-7-6-11-14-13-8-15(11)2/h8-10,12H,3-7H2,1-2H3. The molecule has 0 saturated heterocycles. The second-order valence-corrected chi connectivity index (χ2v) is 4.41. The fourth-order valence-corrected chi connectivity index (χ4v) is 2.05. The molecule has 4 nitrogen and oxygen atoms in total. The van der Waals surface area contributed by atoms with E-state index in [0.717, 1.165) is 30.7 Å². The lowest BCUT2D eigenvalue weighted by atomic mass is 10.1. The maximum absolute atomic E-state index is 4.07. The fourth-order valence-electron chi connectivity index (χ4n) is 2.05. The van der Waals surface area contributed by atoms with E-state index in [0.29, 0.717) is 0 Å². The molecule has 1 N–H and O–H groups in total. The zero-order chi connectivity index (χ0) is 10.7. The van der Waals surface area contributed by atoms with Gasteiger partial charge < -0.3 is 9.88 Å². The Hall–Kier alpha value is -0.900. The lowest BCUT2D eigenvalue weighted by molar-refractivity contribution is 0.449. The van der Waals surface area contributed by atoms with Gasteiger partial charge in [-0.2, -0.15) is 0 Å². The molecule has 15 heavy (non-hydrogen) atoms. The third kappa shape index (κ3) is 2.78. The summed E-state index contributed by atoms with van der Waals surface area (Å²) in [6.45, 7) is 3.28. The predicted octanol–water partition coefficient (Wildman–Crippen LogP) is 1.14. The second-order valence-electron chi connectivity index (χ2n) is 4.41. The van der Waals surface area contributed by atoms with Crippen molar-refractivity contribution >= 4 is 0 Å². The van der Waals surface area contributed by atoms with Crippen molar-refractivity contribution in [2.45, 2.75) is 38.6 Å². The van der Waals surface area contributed by atoms with Gasteiger partial charge >= 0.3 is 0 Å². The van der Waals surface area contributed by atoms with Crippen molar-refractivity contribution < 1.29 is 0 Å². The first-order valence-corrected chi connectivity index (χ1v) is 5.87. The first-order chi connectivity index (χ1) is 7.31. The van der Waals surface area contributed by atoms with E-state index in [4.69, 9.17) is 0 Å². The molecular formula is C11H20N4. The highest BCUT2D eigenvalue weighted by atomic mass is 15.2. The molecule has 1 saturated carbocycles. The van der Waals surface area contributed by atoms with Gasteiger partial charge in [0.2, 0.25) is 0 Å². The second kappa shape index (κ2) is 4.75. The molecule has 2 rings (SSSR count). The zero-order valence-corrected chi connectivity index (χ0v) is 9.61. The average molecular weight is 208 g/mol. The third-order valence-corrected chi connectivity index (χ3v) is 3.19. The maximum Gasteiger partial charge on any atom is 0.133 e. The number of nitrogens with one attached hydrogen (secondary N) is 1. The van der Waals surface area contributed by atoms with E-state index in [1.54, 1.807) is 6.33 Å². The van der Waals surface area contributed by atoms with Crippen molar-refractivity contribution in [2.75, 3.05) is 6.54 Å². The summed E-state index contributed by atoms with van der Waals surface area (Å²) in [6.07, 6.45) is 6.79. The fraction of sp³-hybridized carbons (Fsp3) is 0.818. The van der Waals surface area contributed by atoms with Crippen LogP contribution in [0, 0.1) is 5.92 Å². The van der Waals surface area contributed by atoms with Crippen molar-refractivity contribution in [1.29, 1.82) is 0 Å². The van der Waals surface area contributed by atoms with Gasteiger partial charge in [-0.05, 0) is 25.2 Å². The van der Waals surface area contributed by atoms with Crippen LogP contribution in [0.15, 0.2) is 6.33 Å². The first kappa shape index (κ1) is 10.6. The van der Waals surface area contributed by atoms with Crippen molar-refractivity contribution in [1.82, 2.24) is 20.1 Å². The van der Waals surface area contributed by atoms with E-state index in [-0.39, 0.29) is 0 Å². The van der Waals surface area contributed by atoms with Gasteiger partial charge in [-0.25, -0.2) is 0 Å². The van der Waals surface area contributed by atoms with Crippen LogP contribution in [0.2, 0.25) is 0 Å². The van der Waals surface area contributed by atoms with E-state index in [1.807, 2.05) is 11.6 Å². The Morgan fingerprint density at radius 1 is 1.60 bits per heavy atom. The van der Waals surface area contributed by atoms with E-state index in [9.17, 15) is 0 Å². The summed E-state index contributed by atoms with van der Waals surface area (Å²) in [5.74, 6) is 2.00. The quantitative estimate of drug-likeness (QED) is 0.762. The Kier molecular flexibility index (Phi) is 3.36. The van der Waals surface area contributed by atoms with Crippen LogP contribution in [0.4, 0.5) is 0 Å². The number of hydrogen-bond acceptors (Lipinski definition) is 3. The van der Waals surface area contributed by atoms with Crippen LogP contribution in [-0.2, 0) is 13.5 Å². The van der Waals surface area contributed by atoms with Gasteiger partial charge in [0, 0.05) is 26.1 Å². The normalized spacial score (nSPS) is 18.0. The van der Waals surface area contributed by atoms with Gasteiger partial charge in [0.1, 0.15) is 12.2 Å². The van der Waals surface area contributed by atoms with Gasteiger partial charge in [0.15, 0.2) is 0 Å². The third-order valence-electron chi connectivity index (χ3n) is 3.19. The number of rotatable bonds is 6. The van der Waals surface area contributed by atoms with Crippen LogP contribution >= 0.6 is 0 Å². The van der Waals surface area contributed by atoms with Gasteiger partial charge in [0.25, 0.3) is 0 Å². The van der Waals surface area contributed by atoms with Crippen molar-refractivity contribution in [2.24, 2.45) is 13.0 Å². The molecule has 0 aliphatic heterocycles. The first-order valence-electron chi connectivity index (χ1n) is 5.87. The summed E-state index contributed by atoms with van der Waals surface area (Å²) in [7, 11) is 1.99. The Morgan fingerprint density at radius 3 is 2.93 bits per heavy atom. The van der Waals surface area contributed by atoms with Gasteiger partial charge in [-0.1, -0.05) is 6.92 Å². The lowest BCUT2D eigenvalue weighted by Crippen LogP contribution is -2.32. The molecule has 1 aromatic rings. The van der Waals surface area contributed by atoms with Crippen molar-refractivity contribution in [3.05, 3.63) is 12.2 Å². The van der Waals surface area contributed by atoms with Crippen LogP contribution < -0.4 is 5.32 Å². The molecular weight excluding hydrogens is 188 g/mol. The Balaban J connectivity index is 1.72. The molecule has 1 aliphatic rings. The zero-order valence-electron chi connectivity index (χ0n) is 9.61. The molecule has 1 unspecified atom stereocenters. The molecule has 1 aliphatic carbocycles. The number of hydrogen-bond donors (Lipinski definition) is 1. The Bertz CT molecular complexity index is 303. The van der Waals surface area contributed by atoms with Crippen LogP contribution in [0.1, 0.15) is 32.0 Å². The molecule has 1 heterocycles. The monoisotopic (exact) mass is 208 g/mol. The highest BCUT2D eigenvalue weighted by molar-refractivity contribution is 4.88. The van der Waals surface area contributed by atoms with Gasteiger partial charge in [0.05, 0.1) is 0 Å². The van der Waals surface area contributed by atoms with Crippen LogP contribution in [0.25, 0.3) is 0 Å². The molecule has 0 amide bonds. The minimum atomic E-state index is 0.721. The van der Waals surface area contributed by atoms with E-state index >= 15 is 0 Å². The van der Waals surface area contributed by atoms with Gasteiger partial charge in [-0.3, -0.25) is 0 Å². The summed E-state index contributed by atoms with van der Waals surface area (Å²) in [4.78, 5) is 0. The van der Waals surface area contributed by atoms with Crippen molar-refractivity contribution in [3.63, 3.8) is 0 Å². The average Bonchev–Trinajstić information content (AvgIpc) is 2.99. The van der Waals surface area contributed by atoms with Gasteiger partial charge in [-0.15, -0.1) is 10.2 Å². The molecule has 0 spiro atoms. The Labute approximate surface area is 91.1 Å². The molecule has 1 aromatic heterocycles. The molecule has 4 heteroatoms.